The van der Waals surface area contributed by atoms with Crippen LogP contribution in [0.2, 0.25) is 0 Å². The highest BCUT2D eigenvalue weighted by Gasteiger charge is 2.59. The van der Waals surface area contributed by atoms with E-state index in [1.165, 1.54) is 0 Å². The molecule has 0 aliphatic carbocycles. The highest BCUT2D eigenvalue weighted by molar-refractivity contribution is 5.90. The zero-order chi connectivity index (χ0) is 18.8. The summed E-state index contributed by atoms with van der Waals surface area (Å²) in [6.45, 7) is -0.603. The summed E-state index contributed by atoms with van der Waals surface area (Å²) < 4.78 is 57.1. The Bertz CT molecular complexity index is 633. The minimum Gasteiger partial charge on any atom is -0.459 e. The first-order chi connectivity index (χ1) is 11.5. The molecule has 1 saturated heterocycles. The van der Waals surface area contributed by atoms with Crippen molar-refractivity contribution < 1.29 is 37.0 Å². The Morgan fingerprint density at radius 3 is 2.44 bits per heavy atom. The monoisotopic (exact) mass is 363 g/mol. The quantitative estimate of drug-likeness (QED) is 0.656. The van der Waals surface area contributed by atoms with Gasteiger partial charge >= 0.3 is 12.1 Å². The van der Waals surface area contributed by atoms with E-state index < -0.39 is 48.8 Å². The van der Waals surface area contributed by atoms with Gasteiger partial charge in [0.15, 0.2) is 0 Å². The SMILES string of the molecule is CC(O)(C(=O)N1C[C@H](F)C[C@H]1C(=O)OCc1ccccc1)C(F)(F)F. The number of carbonyl (C=O) groups is 2. The highest BCUT2D eigenvalue weighted by Crippen LogP contribution is 2.34. The summed E-state index contributed by atoms with van der Waals surface area (Å²) in [5.41, 5.74) is -3.08. The molecule has 0 bridgehead atoms. The molecule has 138 valence electrons. The van der Waals surface area contributed by atoms with Crippen molar-refractivity contribution in [2.75, 3.05) is 6.54 Å². The molecule has 1 unspecified atom stereocenters. The van der Waals surface area contributed by atoms with Gasteiger partial charge in [-0.1, -0.05) is 30.3 Å². The molecule has 0 radical (unpaired) electrons. The maximum atomic E-state index is 13.6. The molecule has 2 rings (SSSR count). The number of alkyl halides is 4. The molecule has 0 saturated carbocycles. The standard InChI is InChI=1S/C16H17F4NO4/c1-15(24,16(18,19)20)14(23)21-8-11(17)7-12(21)13(22)25-9-10-5-3-2-4-6-10/h2-6,11-12,24H,7-9H2,1H3/t11-,12+,15?/m1/s1. The van der Waals surface area contributed by atoms with Crippen molar-refractivity contribution in [1.82, 2.24) is 4.90 Å². The Morgan fingerprint density at radius 2 is 1.88 bits per heavy atom. The van der Waals surface area contributed by atoms with E-state index in [9.17, 15) is 32.3 Å². The lowest BCUT2D eigenvalue weighted by molar-refractivity contribution is -0.250. The Morgan fingerprint density at radius 1 is 1.28 bits per heavy atom. The van der Waals surface area contributed by atoms with Gasteiger partial charge in [-0.25, -0.2) is 9.18 Å². The zero-order valence-electron chi connectivity index (χ0n) is 13.3. The molecule has 0 spiro atoms. The van der Waals surface area contributed by atoms with Crippen LogP contribution in [0.1, 0.15) is 18.9 Å². The van der Waals surface area contributed by atoms with Gasteiger partial charge in [0.1, 0.15) is 18.8 Å². The first kappa shape index (κ1) is 19.2. The van der Waals surface area contributed by atoms with Gasteiger partial charge in [0.05, 0.1) is 6.54 Å². The molecule has 1 fully saturated rings. The summed E-state index contributed by atoms with van der Waals surface area (Å²) in [5.74, 6) is -2.79. The summed E-state index contributed by atoms with van der Waals surface area (Å²) in [6.07, 6.45) is -7.41. The van der Waals surface area contributed by atoms with Crippen molar-refractivity contribution in [2.24, 2.45) is 0 Å². The third kappa shape index (κ3) is 4.09. The van der Waals surface area contributed by atoms with Crippen molar-refractivity contribution >= 4 is 11.9 Å². The number of benzene rings is 1. The predicted molar refractivity (Wildman–Crippen MR) is 77.9 cm³/mol. The van der Waals surface area contributed by atoms with Crippen LogP contribution in [0.5, 0.6) is 0 Å². The maximum Gasteiger partial charge on any atom is 0.426 e. The number of hydrogen-bond donors (Lipinski definition) is 1. The van der Waals surface area contributed by atoms with Crippen LogP contribution in [0, 0.1) is 0 Å². The van der Waals surface area contributed by atoms with Crippen LogP contribution in [-0.4, -0.2) is 52.4 Å². The Balaban J connectivity index is 2.10. The van der Waals surface area contributed by atoms with Crippen LogP contribution >= 0.6 is 0 Å². The average molecular weight is 363 g/mol. The van der Waals surface area contributed by atoms with Gasteiger partial charge in [0.25, 0.3) is 5.91 Å². The summed E-state index contributed by atoms with van der Waals surface area (Å²) in [7, 11) is 0. The fourth-order valence-electron chi connectivity index (χ4n) is 2.46. The molecule has 5 nitrogen and oxygen atoms in total. The molecular formula is C16H17F4NO4. The van der Waals surface area contributed by atoms with E-state index in [0.29, 0.717) is 10.5 Å². The first-order valence-electron chi connectivity index (χ1n) is 7.49. The minimum absolute atomic E-state index is 0.162. The number of esters is 1. The van der Waals surface area contributed by atoms with E-state index in [-0.39, 0.29) is 13.5 Å². The van der Waals surface area contributed by atoms with Gasteiger partial charge in [-0.3, -0.25) is 4.79 Å². The normalized spacial score (nSPS) is 23.2. The van der Waals surface area contributed by atoms with E-state index in [2.05, 4.69) is 0 Å². The van der Waals surface area contributed by atoms with Crippen LogP contribution in [0.3, 0.4) is 0 Å². The van der Waals surface area contributed by atoms with E-state index in [1.807, 2.05) is 0 Å². The second kappa shape index (κ2) is 6.99. The number of rotatable bonds is 4. The highest BCUT2D eigenvalue weighted by atomic mass is 19.4. The molecule has 9 heteroatoms. The summed E-state index contributed by atoms with van der Waals surface area (Å²) in [4.78, 5) is 24.5. The lowest BCUT2D eigenvalue weighted by Gasteiger charge is -2.32. The molecule has 1 aromatic carbocycles. The Hall–Kier alpha value is -2.16. The predicted octanol–water partition coefficient (Wildman–Crippen LogP) is 1.98. The summed E-state index contributed by atoms with van der Waals surface area (Å²) in [5, 5.41) is 9.48. The van der Waals surface area contributed by atoms with Crippen molar-refractivity contribution in [3.8, 4) is 0 Å². The molecular weight excluding hydrogens is 346 g/mol. The van der Waals surface area contributed by atoms with Crippen molar-refractivity contribution in [3.63, 3.8) is 0 Å². The molecule has 25 heavy (non-hydrogen) atoms. The van der Waals surface area contributed by atoms with Gasteiger partial charge in [-0.2, -0.15) is 13.2 Å². The van der Waals surface area contributed by atoms with Crippen molar-refractivity contribution in [3.05, 3.63) is 35.9 Å². The summed E-state index contributed by atoms with van der Waals surface area (Å²) >= 11 is 0. The average Bonchev–Trinajstić information content (AvgIpc) is 2.93. The number of ether oxygens (including phenoxy) is 1. The Kier molecular flexibility index (Phi) is 5.36. The number of nitrogens with zero attached hydrogens (tertiary/aromatic N) is 1. The number of amides is 1. The van der Waals surface area contributed by atoms with Crippen LogP contribution < -0.4 is 0 Å². The third-order valence-electron chi connectivity index (χ3n) is 3.98. The van der Waals surface area contributed by atoms with E-state index in [4.69, 9.17) is 4.74 Å². The molecule has 1 heterocycles. The van der Waals surface area contributed by atoms with Gasteiger partial charge in [-0.05, 0) is 12.5 Å². The van der Waals surface area contributed by atoms with E-state index >= 15 is 0 Å². The number of hydrogen-bond acceptors (Lipinski definition) is 4. The fourth-order valence-corrected chi connectivity index (χ4v) is 2.46. The van der Waals surface area contributed by atoms with Crippen molar-refractivity contribution in [1.29, 1.82) is 0 Å². The number of likely N-dealkylation sites (tertiary alicyclic amines) is 1. The number of aliphatic hydroxyl groups is 1. The third-order valence-corrected chi connectivity index (χ3v) is 3.98. The van der Waals surface area contributed by atoms with Crippen LogP contribution in [0.15, 0.2) is 30.3 Å². The second-order valence-corrected chi connectivity index (χ2v) is 5.97. The van der Waals surface area contributed by atoms with Gasteiger partial charge in [0.2, 0.25) is 5.60 Å². The summed E-state index contributed by atoms with van der Waals surface area (Å²) in [6, 6.07) is 6.96. The van der Waals surface area contributed by atoms with Crippen molar-refractivity contribution in [2.45, 2.75) is 43.9 Å². The maximum absolute atomic E-state index is 13.6. The number of halogens is 4. The second-order valence-electron chi connectivity index (χ2n) is 5.97. The molecule has 3 atom stereocenters. The first-order valence-corrected chi connectivity index (χ1v) is 7.49. The zero-order valence-corrected chi connectivity index (χ0v) is 13.3. The minimum atomic E-state index is -5.25. The molecule has 1 N–H and O–H groups in total. The molecule has 0 aromatic heterocycles. The lowest BCUT2D eigenvalue weighted by atomic mass is 10.0. The topological polar surface area (TPSA) is 66.8 Å². The van der Waals surface area contributed by atoms with Gasteiger partial charge in [0, 0.05) is 6.42 Å². The molecule has 1 aliphatic heterocycles. The van der Waals surface area contributed by atoms with E-state index in [1.54, 1.807) is 30.3 Å². The van der Waals surface area contributed by atoms with E-state index in [0.717, 1.165) is 0 Å². The Labute approximate surface area is 141 Å². The smallest absolute Gasteiger partial charge is 0.426 e. The molecule has 1 aliphatic rings. The largest absolute Gasteiger partial charge is 0.459 e. The van der Waals surface area contributed by atoms with Crippen LogP contribution in [0.4, 0.5) is 17.6 Å². The van der Waals surface area contributed by atoms with Gasteiger partial charge in [-0.15, -0.1) is 0 Å². The lowest BCUT2D eigenvalue weighted by Crippen LogP contribution is -2.58. The fraction of sp³-hybridized carbons (Fsp3) is 0.500. The molecule has 1 aromatic rings. The van der Waals surface area contributed by atoms with Gasteiger partial charge < -0.3 is 14.7 Å². The molecule has 1 amide bonds. The number of carbonyl (C=O) groups excluding carboxylic acids is 2. The van der Waals surface area contributed by atoms with Crippen LogP contribution in [-0.2, 0) is 20.9 Å². The van der Waals surface area contributed by atoms with Crippen LogP contribution in [0.25, 0.3) is 0 Å².